The highest BCUT2D eigenvalue weighted by Crippen LogP contribution is 2.22. The zero-order valence-electron chi connectivity index (χ0n) is 9.17. The zero-order valence-corrected chi connectivity index (χ0v) is 9.17. The Morgan fingerprint density at radius 1 is 1.43 bits per heavy atom. The Balaban J connectivity index is 2.77. The van der Waals surface area contributed by atoms with Gasteiger partial charge in [0.05, 0.1) is 11.4 Å². The highest BCUT2D eigenvalue weighted by atomic mass is 15.1. The zero-order chi connectivity index (χ0) is 10.6. The molecule has 0 radical (unpaired) electrons. The van der Waals surface area contributed by atoms with Crippen LogP contribution in [0.5, 0.6) is 0 Å². The number of nitrogens with one attached hydrogen (secondary N) is 1. The van der Waals surface area contributed by atoms with Crippen LogP contribution in [0.15, 0.2) is 18.2 Å². The third kappa shape index (κ3) is 2.64. The molecular weight excluding hydrogens is 174 g/mol. The molecule has 0 fully saturated rings. The van der Waals surface area contributed by atoms with Gasteiger partial charge in [-0.25, -0.2) is 0 Å². The number of likely N-dealkylation sites (N-methyl/N-ethyl adjacent to an activating group) is 2. The first-order valence-electron chi connectivity index (χ1n) is 4.87. The van der Waals surface area contributed by atoms with Gasteiger partial charge in [-0.15, -0.1) is 0 Å². The summed E-state index contributed by atoms with van der Waals surface area (Å²) in [6.07, 6.45) is 0. The second-order valence-corrected chi connectivity index (χ2v) is 3.59. The smallest absolute Gasteiger partial charge is 0.0600 e. The molecule has 0 atom stereocenters. The summed E-state index contributed by atoms with van der Waals surface area (Å²) in [4.78, 5) is 2.17. The summed E-state index contributed by atoms with van der Waals surface area (Å²) < 4.78 is 0. The molecule has 0 bridgehead atoms. The quantitative estimate of drug-likeness (QED) is 0.707. The Kier molecular flexibility index (Phi) is 3.77. The van der Waals surface area contributed by atoms with Crippen LogP contribution in [0.25, 0.3) is 0 Å². The summed E-state index contributed by atoms with van der Waals surface area (Å²) in [5.74, 6) is 0. The van der Waals surface area contributed by atoms with E-state index in [2.05, 4.69) is 30.3 Å². The minimum absolute atomic E-state index is 0.842. The highest BCUT2D eigenvalue weighted by Gasteiger charge is 2.04. The minimum Gasteiger partial charge on any atom is -0.397 e. The number of rotatable bonds is 4. The molecule has 1 aromatic rings. The van der Waals surface area contributed by atoms with Crippen LogP contribution < -0.4 is 16.0 Å². The van der Waals surface area contributed by atoms with Crippen LogP contribution in [-0.4, -0.2) is 27.2 Å². The van der Waals surface area contributed by atoms with E-state index in [0.717, 1.165) is 24.5 Å². The van der Waals surface area contributed by atoms with Gasteiger partial charge in [-0.3, -0.25) is 0 Å². The van der Waals surface area contributed by atoms with Gasteiger partial charge in [0.15, 0.2) is 0 Å². The number of anilines is 2. The van der Waals surface area contributed by atoms with Gasteiger partial charge in [-0.2, -0.15) is 0 Å². The van der Waals surface area contributed by atoms with Gasteiger partial charge in [-0.05, 0) is 31.7 Å². The molecule has 3 nitrogen and oxygen atoms in total. The number of nitrogens with zero attached hydrogens (tertiary/aromatic N) is 1. The number of benzene rings is 1. The van der Waals surface area contributed by atoms with Gasteiger partial charge in [0, 0.05) is 20.1 Å². The van der Waals surface area contributed by atoms with Crippen LogP contribution in [-0.2, 0) is 0 Å². The molecule has 0 amide bonds. The molecule has 0 saturated carbocycles. The average Bonchev–Trinajstić information content (AvgIpc) is 2.18. The van der Waals surface area contributed by atoms with Crippen molar-refractivity contribution in [3.05, 3.63) is 23.8 Å². The first-order chi connectivity index (χ1) is 6.65. The predicted octanol–water partition coefficient (Wildman–Crippen LogP) is 1.23. The summed E-state index contributed by atoms with van der Waals surface area (Å²) in [5, 5.41) is 3.12. The van der Waals surface area contributed by atoms with E-state index in [9.17, 15) is 0 Å². The van der Waals surface area contributed by atoms with Gasteiger partial charge in [0.25, 0.3) is 0 Å². The van der Waals surface area contributed by atoms with E-state index < -0.39 is 0 Å². The molecule has 14 heavy (non-hydrogen) atoms. The van der Waals surface area contributed by atoms with Gasteiger partial charge < -0.3 is 16.0 Å². The Bertz CT molecular complexity index is 297. The van der Waals surface area contributed by atoms with E-state index in [1.807, 2.05) is 19.2 Å². The number of hydrogen-bond acceptors (Lipinski definition) is 3. The van der Waals surface area contributed by atoms with Gasteiger partial charge in [-0.1, -0.05) is 6.07 Å². The molecule has 0 aromatic heterocycles. The summed E-state index contributed by atoms with van der Waals surface area (Å²) in [6.45, 7) is 4.00. The van der Waals surface area contributed by atoms with E-state index >= 15 is 0 Å². The molecule has 1 rings (SSSR count). The topological polar surface area (TPSA) is 41.3 Å². The lowest BCUT2D eigenvalue weighted by molar-refractivity contribution is 0.768. The fourth-order valence-electron chi connectivity index (χ4n) is 1.38. The van der Waals surface area contributed by atoms with E-state index in [-0.39, 0.29) is 0 Å². The molecule has 0 aliphatic carbocycles. The largest absolute Gasteiger partial charge is 0.397 e. The van der Waals surface area contributed by atoms with Crippen molar-refractivity contribution < 1.29 is 0 Å². The minimum atomic E-state index is 0.842. The maximum Gasteiger partial charge on any atom is 0.0600 e. The highest BCUT2D eigenvalue weighted by molar-refractivity contribution is 5.68. The summed E-state index contributed by atoms with van der Waals surface area (Å²) >= 11 is 0. The number of aryl methyl sites for hydroxylation is 1. The first-order valence-corrected chi connectivity index (χ1v) is 4.87. The summed E-state index contributed by atoms with van der Waals surface area (Å²) in [7, 11) is 4.01. The Hall–Kier alpha value is -1.22. The van der Waals surface area contributed by atoms with Crippen LogP contribution in [0.2, 0.25) is 0 Å². The van der Waals surface area contributed by atoms with Gasteiger partial charge >= 0.3 is 0 Å². The normalized spacial score (nSPS) is 10.2. The summed E-state index contributed by atoms with van der Waals surface area (Å²) in [6, 6.07) is 6.11. The van der Waals surface area contributed by atoms with Crippen molar-refractivity contribution in [3.8, 4) is 0 Å². The van der Waals surface area contributed by atoms with E-state index in [0.29, 0.717) is 0 Å². The molecule has 3 N–H and O–H groups in total. The van der Waals surface area contributed by atoms with Crippen molar-refractivity contribution in [2.45, 2.75) is 6.92 Å². The van der Waals surface area contributed by atoms with Crippen molar-refractivity contribution in [1.82, 2.24) is 5.32 Å². The van der Waals surface area contributed by atoms with E-state index in [1.54, 1.807) is 0 Å². The van der Waals surface area contributed by atoms with Crippen LogP contribution in [0, 0.1) is 6.92 Å². The molecule has 0 spiro atoms. The van der Waals surface area contributed by atoms with Gasteiger partial charge in [0.2, 0.25) is 0 Å². The van der Waals surface area contributed by atoms with Crippen LogP contribution in [0.4, 0.5) is 11.4 Å². The molecular formula is C11H19N3. The molecule has 1 aromatic carbocycles. The monoisotopic (exact) mass is 193 g/mol. The van der Waals surface area contributed by atoms with Crippen molar-refractivity contribution in [3.63, 3.8) is 0 Å². The number of nitrogens with two attached hydrogens (primary N) is 1. The fourth-order valence-corrected chi connectivity index (χ4v) is 1.38. The lowest BCUT2D eigenvalue weighted by Crippen LogP contribution is -2.27. The lowest BCUT2D eigenvalue weighted by Gasteiger charge is -2.21. The van der Waals surface area contributed by atoms with Crippen molar-refractivity contribution in [1.29, 1.82) is 0 Å². The van der Waals surface area contributed by atoms with Crippen LogP contribution in [0.3, 0.4) is 0 Å². The van der Waals surface area contributed by atoms with Crippen molar-refractivity contribution in [2.75, 3.05) is 37.8 Å². The van der Waals surface area contributed by atoms with Crippen molar-refractivity contribution in [2.24, 2.45) is 0 Å². The maximum atomic E-state index is 5.90. The molecule has 0 aliphatic rings. The second-order valence-electron chi connectivity index (χ2n) is 3.59. The van der Waals surface area contributed by atoms with Crippen LogP contribution >= 0.6 is 0 Å². The standard InChI is InChI=1S/C11H19N3/c1-9-4-5-10(12)11(8-9)14(3)7-6-13-2/h4-5,8,13H,6-7,12H2,1-3H3. The molecule has 0 unspecified atom stereocenters. The Labute approximate surface area is 85.9 Å². The molecule has 0 heterocycles. The van der Waals surface area contributed by atoms with E-state index in [1.165, 1.54) is 5.56 Å². The van der Waals surface area contributed by atoms with Crippen molar-refractivity contribution >= 4 is 11.4 Å². The number of nitrogen functional groups attached to an aromatic ring is 1. The Morgan fingerprint density at radius 2 is 2.14 bits per heavy atom. The second kappa shape index (κ2) is 4.86. The fraction of sp³-hybridized carbons (Fsp3) is 0.455. The molecule has 0 aliphatic heterocycles. The number of hydrogen-bond donors (Lipinski definition) is 2. The van der Waals surface area contributed by atoms with E-state index in [4.69, 9.17) is 5.73 Å². The van der Waals surface area contributed by atoms with Crippen LogP contribution in [0.1, 0.15) is 5.56 Å². The third-order valence-electron chi connectivity index (χ3n) is 2.29. The molecule has 0 saturated heterocycles. The predicted molar refractivity (Wildman–Crippen MR) is 62.8 cm³/mol. The lowest BCUT2D eigenvalue weighted by atomic mass is 10.2. The molecule has 78 valence electrons. The maximum absolute atomic E-state index is 5.90. The molecule has 3 heteroatoms. The Morgan fingerprint density at radius 3 is 2.79 bits per heavy atom. The summed E-state index contributed by atoms with van der Waals surface area (Å²) in [5.41, 5.74) is 9.09. The third-order valence-corrected chi connectivity index (χ3v) is 2.29. The SMILES string of the molecule is CNCCN(C)c1cc(C)ccc1N. The average molecular weight is 193 g/mol. The first kappa shape index (κ1) is 10.9. The van der Waals surface area contributed by atoms with Gasteiger partial charge in [0.1, 0.15) is 0 Å².